The van der Waals surface area contributed by atoms with E-state index < -0.39 is 0 Å². The number of halogens is 2. The van der Waals surface area contributed by atoms with Crippen molar-refractivity contribution in [3.63, 3.8) is 0 Å². The Hall–Kier alpha value is -1.31. The molecular weight excluding hydrogens is 399 g/mol. The number of benzene rings is 1. The van der Waals surface area contributed by atoms with Crippen molar-refractivity contribution >= 4 is 47.3 Å². The summed E-state index contributed by atoms with van der Waals surface area (Å²) < 4.78 is 7.70. The van der Waals surface area contributed by atoms with Gasteiger partial charge in [0.25, 0.3) is 0 Å². The van der Waals surface area contributed by atoms with E-state index in [2.05, 4.69) is 44.5 Å². The molecule has 0 bridgehead atoms. The van der Waals surface area contributed by atoms with Gasteiger partial charge in [-0.3, -0.25) is 9.69 Å². The third kappa shape index (κ3) is 5.84. The monoisotopic (exact) mass is 428 g/mol. The number of carbonyl (C=O) groups excluding carboxylic acids is 1. The Morgan fingerprint density at radius 3 is 2.75 bits per heavy atom. The first-order valence-electron chi connectivity index (χ1n) is 9.70. The third-order valence-corrected chi connectivity index (χ3v) is 5.41. The van der Waals surface area contributed by atoms with Gasteiger partial charge in [-0.25, -0.2) is 0 Å². The molecule has 2 saturated heterocycles. The van der Waals surface area contributed by atoms with Gasteiger partial charge in [-0.15, -0.1) is 24.8 Å². The molecular formula is C20H30Cl2N4O2. The second-order valence-corrected chi connectivity index (χ2v) is 7.28. The SMILES string of the molecule is Cl.Cl.O=C(CC1CCCN1)Nc1ccc2c(ccn2CCN2CCOCC2)c1. The number of carbonyl (C=O) groups is 1. The topological polar surface area (TPSA) is 58.5 Å². The van der Waals surface area contributed by atoms with Crippen LogP contribution in [-0.2, 0) is 16.1 Å². The minimum atomic E-state index is 0. The number of ether oxygens (including phenoxy) is 1. The molecule has 1 amide bonds. The summed E-state index contributed by atoms with van der Waals surface area (Å²) in [5.41, 5.74) is 2.10. The smallest absolute Gasteiger partial charge is 0.225 e. The maximum atomic E-state index is 12.2. The summed E-state index contributed by atoms with van der Waals surface area (Å²) in [6.45, 7) is 6.76. The predicted molar refractivity (Wildman–Crippen MR) is 118 cm³/mol. The Kier molecular flexibility index (Phi) is 9.05. The summed E-state index contributed by atoms with van der Waals surface area (Å²) in [5.74, 6) is 0.0931. The van der Waals surface area contributed by atoms with Crippen LogP contribution < -0.4 is 10.6 Å². The number of aromatic nitrogens is 1. The van der Waals surface area contributed by atoms with E-state index in [0.717, 1.165) is 58.0 Å². The highest BCUT2D eigenvalue weighted by molar-refractivity contribution is 5.94. The van der Waals surface area contributed by atoms with Crippen LogP contribution in [0.15, 0.2) is 30.5 Å². The van der Waals surface area contributed by atoms with E-state index in [-0.39, 0.29) is 30.7 Å². The molecule has 2 aliphatic heterocycles. The number of hydrogen-bond donors (Lipinski definition) is 2. The van der Waals surface area contributed by atoms with Crippen LogP contribution >= 0.6 is 24.8 Å². The lowest BCUT2D eigenvalue weighted by Gasteiger charge is -2.26. The van der Waals surface area contributed by atoms with Crippen molar-refractivity contribution in [1.82, 2.24) is 14.8 Å². The largest absolute Gasteiger partial charge is 0.379 e. The minimum Gasteiger partial charge on any atom is -0.379 e. The molecule has 1 aromatic carbocycles. The van der Waals surface area contributed by atoms with E-state index in [1.165, 1.54) is 17.3 Å². The van der Waals surface area contributed by atoms with Crippen molar-refractivity contribution in [2.45, 2.75) is 31.8 Å². The number of fused-ring (bicyclic) bond motifs is 1. The van der Waals surface area contributed by atoms with Crippen LogP contribution in [0.2, 0.25) is 0 Å². The van der Waals surface area contributed by atoms with Gasteiger partial charge in [0, 0.05) is 61.4 Å². The average molecular weight is 429 g/mol. The van der Waals surface area contributed by atoms with E-state index >= 15 is 0 Å². The maximum absolute atomic E-state index is 12.2. The summed E-state index contributed by atoms with van der Waals surface area (Å²) in [4.78, 5) is 14.7. The number of hydrogen-bond acceptors (Lipinski definition) is 4. The van der Waals surface area contributed by atoms with Gasteiger partial charge < -0.3 is 19.9 Å². The molecule has 1 aromatic heterocycles. The van der Waals surface area contributed by atoms with Gasteiger partial charge in [0.2, 0.25) is 5.91 Å². The zero-order valence-corrected chi connectivity index (χ0v) is 17.7. The number of rotatable bonds is 6. The van der Waals surface area contributed by atoms with Gasteiger partial charge >= 0.3 is 0 Å². The highest BCUT2D eigenvalue weighted by Crippen LogP contribution is 2.21. The molecule has 2 aliphatic rings. The summed E-state index contributed by atoms with van der Waals surface area (Å²) in [7, 11) is 0. The fourth-order valence-corrected chi connectivity index (χ4v) is 3.91. The molecule has 0 spiro atoms. The summed E-state index contributed by atoms with van der Waals surface area (Å²) in [5, 5.41) is 7.59. The lowest BCUT2D eigenvalue weighted by molar-refractivity contribution is -0.116. The van der Waals surface area contributed by atoms with Crippen LogP contribution in [0.4, 0.5) is 5.69 Å². The van der Waals surface area contributed by atoms with Crippen LogP contribution in [0.5, 0.6) is 0 Å². The second-order valence-electron chi connectivity index (χ2n) is 7.28. The van der Waals surface area contributed by atoms with E-state index in [9.17, 15) is 4.79 Å². The van der Waals surface area contributed by atoms with Gasteiger partial charge in [-0.05, 0) is 43.7 Å². The van der Waals surface area contributed by atoms with Crippen LogP contribution in [0.25, 0.3) is 10.9 Å². The first-order chi connectivity index (χ1) is 12.8. The summed E-state index contributed by atoms with van der Waals surface area (Å²) >= 11 is 0. The van der Waals surface area contributed by atoms with E-state index in [4.69, 9.17) is 4.74 Å². The van der Waals surface area contributed by atoms with Gasteiger partial charge in [0.05, 0.1) is 13.2 Å². The molecule has 4 rings (SSSR count). The van der Waals surface area contributed by atoms with Gasteiger partial charge in [0.1, 0.15) is 0 Å². The van der Waals surface area contributed by atoms with Crippen molar-refractivity contribution < 1.29 is 9.53 Å². The number of nitrogens with zero attached hydrogens (tertiary/aromatic N) is 2. The Labute approximate surface area is 178 Å². The predicted octanol–water partition coefficient (Wildman–Crippen LogP) is 2.90. The van der Waals surface area contributed by atoms with Crippen LogP contribution in [0, 0.1) is 0 Å². The zero-order valence-electron chi connectivity index (χ0n) is 16.1. The second kappa shape index (κ2) is 11.0. The molecule has 0 saturated carbocycles. The molecule has 1 unspecified atom stereocenters. The summed E-state index contributed by atoms with van der Waals surface area (Å²) in [6.07, 6.45) is 4.96. The molecule has 3 heterocycles. The lowest BCUT2D eigenvalue weighted by Crippen LogP contribution is -2.38. The molecule has 2 aromatic rings. The van der Waals surface area contributed by atoms with Gasteiger partial charge in [-0.2, -0.15) is 0 Å². The molecule has 2 fully saturated rings. The number of amides is 1. The Morgan fingerprint density at radius 1 is 1.18 bits per heavy atom. The fourth-order valence-electron chi connectivity index (χ4n) is 3.91. The van der Waals surface area contributed by atoms with E-state index in [1.54, 1.807) is 0 Å². The van der Waals surface area contributed by atoms with Crippen molar-refractivity contribution in [2.24, 2.45) is 0 Å². The first-order valence-corrected chi connectivity index (χ1v) is 9.70. The number of anilines is 1. The molecule has 28 heavy (non-hydrogen) atoms. The first kappa shape index (κ1) is 23.0. The number of nitrogens with one attached hydrogen (secondary N) is 2. The quantitative estimate of drug-likeness (QED) is 0.742. The molecule has 2 N–H and O–H groups in total. The van der Waals surface area contributed by atoms with E-state index in [1.807, 2.05) is 6.07 Å². The zero-order chi connectivity index (χ0) is 17.8. The molecule has 0 radical (unpaired) electrons. The van der Waals surface area contributed by atoms with Crippen molar-refractivity contribution in [3.8, 4) is 0 Å². The molecule has 8 heteroatoms. The van der Waals surface area contributed by atoms with Crippen molar-refractivity contribution in [3.05, 3.63) is 30.5 Å². The molecule has 6 nitrogen and oxygen atoms in total. The van der Waals surface area contributed by atoms with Gasteiger partial charge in [-0.1, -0.05) is 0 Å². The summed E-state index contributed by atoms with van der Waals surface area (Å²) in [6, 6.07) is 8.65. The molecule has 156 valence electrons. The van der Waals surface area contributed by atoms with Crippen molar-refractivity contribution in [2.75, 3.05) is 44.7 Å². The lowest BCUT2D eigenvalue weighted by atomic mass is 10.1. The minimum absolute atomic E-state index is 0. The average Bonchev–Trinajstić information content (AvgIpc) is 3.30. The maximum Gasteiger partial charge on any atom is 0.225 e. The third-order valence-electron chi connectivity index (χ3n) is 5.41. The number of morpholine rings is 1. The molecule has 1 atom stereocenters. The fraction of sp³-hybridized carbons (Fsp3) is 0.550. The standard InChI is InChI=1S/C20H28N4O2.2ClH/c25-20(15-17-2-1-6-21-17)22-18-3-4-19-16(14-18)5-7-24(19)9-8-23-10-12-26-13-11-23;;/h3-5,7,14,17,21H,1-2,6,8-13,15H2,(H,22,25);2*1H. The molecule has 0 aliphatic carbocycles. The Bertz CT molecular complexity index is 756. The van der Waals surface area contributed by atoms with E-state index in [0.29, 0.717) is 12.5 Å². The van der Waals surface area contributed by atoms with Gasteiger partial charge in [0.15, 0.2) is 0 Å². The highest BCUT2D eigenvalue weighted by atomic mass is 35.5. The normalized spacial score (nSPS) is 19.8. The van der Waals surface area contributed by atoms with Crippen molar-refractivity contribution in [1.29, 1.82) is 0 Å². The Balaban J connectivity index is 0.00000140. The van der Waals surface area contributed by atoms with Crippen LogP contribution in [0.3, 0.4) is 0 Å². The highest BCUT2D eigenvalue weighted by Gasteiger charge is 2.17. The van der Waals surface area contributed by atoms with Crippen LogP contribution in [-0.4, -0.2) is 60.8 Å². The Morgan fingerprint density at radius 2 is 2.00 bits per heavy atom. The van der Waals surface area contributed by atoms with Crippen LogP contribution in [0.1, 0.15) is 19.3 Å².